The summed E-state index contributed by atoms with van der Waals surface area (Å²) in [5, 5.41) is 3.26. The Labute approximate surface area is 206 Å². The van der Waals surface area contributed by atoms with Gasteiger partial charge in [-0.2, -0.15) is 0 Å². The van der Waals surface area contributed by atoms with E-state index in [1.54, 1.807) is 10.6 Å². The Morgan fingerprint density at radius 2 is 1.46 bits per heavy atom. The average Bonchev–Trinajstić information content (AvgIpc) is 2.67. The Morgan fingerprint density at radius 3 is 2.04 bits per heavy atom. The van der Waals surface area contributed by atoms with Crippen molar-refractivity contribution in [1.29, 1.82) is 0 Å². The van der Waals surface area contributed by atoms with E-state index in [4.69, 9.17) is 0 Å². The monoisotopic (exact) mass is 435 g/mol. The molecule has 0 spiro atoms. The first-order chi connectivity index (χ1) is 13.2. The number of nitrogens with one attached hydrogen (secondary N) is 1. The van der Waals surface area contributed by atoms with Crippen LogP contribution in [0.1, 0.15) is 96.8 Å². The third-order valence-electron chi connectivity index (χ3n) is 4.74. The van der Waals surface area contributed by atoms with Crippen LogP contribution >= 0.6 is 25.4 Å². The van der Waals surface area contributed by atoms with E-state index in [2.05, 4.69) is 59.8 Å². The Hall–Kier alpha value is 0.380. The summed E-state index contributed by atoms with van der Waals surface area (Å²) in [7, 11) is 0. The first kappa shape index (κ1) is 28.4. The van der Waals surface area contributed by atoms with E-state index in [1.807, 2.05) is 0 Å². The summed E-state index contributed by atoms with van der Waals surface area (Å²) in [5.41, 5.74) is -0.256. The molecule has 0 amide bonds. The van der Waals surface area contributed by atoms with Crippen molar-refractivity contribution in [2.24, 2.45) is 9.98 Å². The van der Waals surface area contributed by atoms with Crippen LogP contribution in [0.5, 0.6) is 0 Å². The van der Waals surface area contributed by atoms with Crippen LogP contribution in [0.4, 0.5) is 0 Å². The van der Waals surface area contributed by atoms with E-state index in [0.717, 1.165) is 13.0 Å². The summed E-state index contributed by atoms with van der Waals surface area (Å²) in [6.07, 6.45) is 25.1. The molecule has 7 heteroatoms. The van der Waals surface area contributed by atoms with E-state index in [-0.39, 0.29) is 35.1 Å². The molecule has 0 aromatic rings. The number of aliphatic imine (C=N–C) groups is 2. The van der Waals surface area contributed by atoms with E-state index in [9.17, 15) is 0 Å². The van der Waals surface area contributed by atoms with Gasteiger partial charge in [0.2, 0.25) is 5.96 Å². The zero-order valence-corrected chi connectivity index (χ0v) is 21.9. The predicted octanol–water partition coefficient (Wildman–Crippen LogP) is 5.99. The molecule has 0 fully saturated rings. The van der Waals surface area contributed by atoms with Gasteiger partial charge in [0, 0.05) is 36.1 Å². The van der Waals surface area contributed by atoms with Crippen molar-refractivity contribution in [2.75, 3.05) is 6.54 Å². The molecule has 4 nitrogen and oxygen atoms in total. The molecule has 1 radical (unpaired) electrons. The van der Waals surface area contributed by atoms with Gasteiger partial charge in [0.15, 0.2) is 5.50 Å². The van der Waals surface area contributed by atoms with Crippen molar-refractivity contribution >= 4 is 67.3 Å². The summed E-state index contributed by atoms with van der Waals surface area (Å²) in [5.74, 6) is 0.660. The van der Waals surface area contributed by atoms with Crippen molar-refractivity contribution in [3.05, 3.63) is 12.2 Å². The molecule has 0 saturated carbocycles. The van der Waals surface area contributed by atoms with Crippen LogP contribution in [0.3, 0.4) is 0 Å². The zero-order chi connectivity index (χ0) is 19.6. The normalized spacial score (nSPS) is 16.3. The second-order valence-electron chi connectivity index (χ2n) is 7.29. The molecule has 28 heavy (non-hydrogen) atoms. The molecule has 0 aromatic carbocycles. The molecule has 1 aliphatic rings. The quantitative estimate of drug-likeness (QED) is 0.121. The Kier molecular flexibility index (Phi) is 20.9. The van der Waals surface area contributed by atoms with Gasteiger partial charge in [-0.05, 0) is 32.1 Å². The van der Waals surface area contributed by atoms with Gasteiger partial charge in [-0.1, -0.05) is 89.7 Å². The smallest absolute Gasteiger partial charge is 0.222 e. The Morgan fingerprint density at radius 1 is 0.929 bits per heavy atom. The molecule has 1 N–H and O–H groups in total. The number of rotatable bonds is 16. The third-order valence-corrected chi connectivity index (χ3v) is 5.61. The van der Waals surface area contributed by atoms with E-state index in [1.165, 1.54) is 83.5 Å². The maximum atomic E-state index is 4.30. The molecule has 0 aromatic heterocycles. The predicted molar refractivity (Wildman–Crippen MR) is 133 cm³/mol. The van der Waals surface area contributed by atoms with Crippen molar-refractivity contribution in [2.45, 2.75) is 102 Å². The maximum absolute atomic E-state index is 4.30. The average molecular weight is 436 g/mol. The van der Waals surface area contributed by atoms with Gasteiger partial charge in [0.25, 0.3) is 0 Å². The van der Waals surface area contributed by atoms with E-state index >= 15 is 0 Å². The van der Waals surface area contributed by atoms with Gasteiger partial charge in [-0.25, -0.2) is 9.98 Å². The standard InChI is InChI=1S/C21H40N4S2.Na/c1-2-3-4-5-6-7-8-9-10-11-12-13-14-15-16-17-18-22-20-23-19-25(27)21(26)24-20;/h9-10,19,21,26-27H,2-8,11-18H2,1H3,(H,22,24);. The fourth-order valence-corrected chi connectivity index (χ4v) is 3.31. The summed E-state index contributed by atoms with van der Waals surface area (Å²) in [6, 6.07) is 0. The van der Waals surface area contributed by atoms with Crippen LogP contribution in [0, 0.1) is 0 Å². The van der Waals surface area contributed by atoms with Crippen LogP contribution in [0.15, 0.2) is 22.1 Å². The van der Waals surface area contributed by atoms with Crippen LogP contribution in [0.2, 0.25) is 0 Å². The molecule has 1 unspecified atom stereocenters. The van der Waals surface area contributed by atoms with Crippen LogP contribution in [-0.4, -0.2) is 58.2 Å². The molecule has 1 heterocycles. The fraction of sp³-hybridized carbons (Fsp3) is 0.810. The van der Waals surface area contributed by atoms with Gasteiger partial charge in [-0.3, -0.25) is 4.31 Å². The topological polar surface area (TPSA) is 40.0 Å². The third kappa shape index (κ3) is 16.2. The second-order valence-corrected chi connectivity index (χ2v) is 8.21. The van der Waals surface area contributed by atoms with Gasteiger partial charge >= 0.3 is 0 Å². The number of guanidine groups is 1. The summed E-state index contributed by atoms with van der Waals surface area (Å²) < 4.78 is 1.57. The van der Waals surface area contributed by atoms with Gasteiger partial charge in [-0.15, -0.1) is 12.6 Å². The molecule has 0 bridgehead atoms. The zero-order valence-electron chi connectivity index (χ0n) is 18.2. The molecule has 0 aliphatic carbocycles. The minimum atomic E-state index is -0.256. The first-order valence-corrected chi connectivity index (χ1v) is 11.8. The minimum Gasteiger partial charge on any atom is -0.354 e. The SMILES string of the molecule is CCCCCCCCC=CCCCCCCCCNC1=NC(S)N(S)C=N1.[Na]. The van der Waals surface area contributed by atoms with Crippen LogP contribution in [0.25, 0.3) is 0 Å². The van der Waals surface area contributed by atoms with Gasteiger partial charge in [0.05, 0.1) is 0 Å². The van der Waals surface area contributed by atoms with Crippen molar-refractivity contribution in [1.82, 2.24) is 9.62 Å². The maximum Gasteiger partial charge on any atom is 0.222 e. The number of hydrogen-bond acceptors (Lipinski definition) is 6. The minimum absolute atomic E-state index is 0. The van der Waals surface area contributed by atoms with Crippen LogP contribution in [-0.2, 0) is 0 Å². The van der Waals surface area contributed by atoms with Gasteiger partial charge in [0.1, 0.15) is 6.34 Å². The molecule has 0 saturated heterocycles. The van der Waals surface area contributed by atoms with Crippen LogP contribution < -0.4 is 5.32 Å². The second kappa shape index (κ2) is 20.6. The largest absolute Gasteiger partial charge is 0.354 e. The van der Waals surface area contributed by atoms with Crippen molar-refractivity contribution < 1.29 is 0 Å². The molecular formula is C21H40N4NaS2. The van der Waals surface area contributed by atoms with Gasteiger partial charge < -0.3 is 5.32 Å². The number of allylic oxidation sites excluding steroid dienone is 2. The molecule has 1 rings (SSSR count). The van der Waals surface area contributed by atoms with E-state index in [0.29, 0.717) is 5.96 Å². The fourth-order valence-electron chi connectivity index (χ4n) is 3.04. The summed E-state index contributed by atoms with van der Waals surface area (Å²) in [4.78, 5) is 8.47. The van der Waals surface area contributed by atoms with Crippen molar-refractivity contribution in [3.63, 3.8) is 0 Å². The van der Waals surface area contributed by atoms with E-state index < -0.39 is 0 Å². The number of hydrogen-bond donors (Lipinski definition) is 3. The Bertz CT molecular complexity index is 444. The molecule has 1 aliphatic heterocycles. The molecule has 157 valence electrons. The molecule has 1 atom stereocenters. The molecular weight excluding hydrogens is 395 g/mol. The number of thiol groups is 2. The summed E-state index contributed by atoms with van der Waals surface area (Å²) >= 11 is 8.47. The van der Waals surface area contributed by atoms with Crippen molar-refractivity contribution in [3.8, 4) is 0 Å². The number of unbranched alkanes of at least 4 members (excludes halogenated alkanes) is 12. The summed E-state index contributed by atoms with van der Waals surface area (Å²) in [6.45, 7) is 3.20. The number of nitrogens with zero attached hydrogens (tertiary/aromatic N) is 3. The first-order valence-electron chi connectivity index (χ1n) is 10.9. The Balaban J connectivity index is 0.00000729.